The topological polar surface area (TPSA) is 32.3 Å². The molecule has 2 N–H and O–H groups in total. The molecule has 0 aliphatic heterocycles. The third-order valence-electron chi connectivity index (χ3n) is 3.50. The van der Waals surface area contributed by atoms with E-state index in [4.69, 9.17) is 0 Å². The summed E-state index contributed by atoms with van der Waals surface area (Å²) in [7, 11) is 1.93. The molecule has 0 amide bonds. The monoisotopic (exact) mass is 205 g/mol. The van der Waals surface area contributed by atoms with Gasteiger partial charge in [-0.1, -0.05) is 43.2 Å². The van der Waals surface area contributed by atoms with E-state index < -0.39 is 5.60 Å². The fraction of sp³-hybridized carbons (Fsp3) is 0.538. The summed E-state index contributed by atoms with van der Waals surface area (Å²) < 4.78 is 0. The lowest BCUT2D eigenvalue weighted by Gasteiger charge is -2.40. The molecule has 1 aromatic carbocycles. The molecule has 2 rings (SSSR count). The Kier molecular flexibility index (Phi) is 3.08. The van der Waals surface area contributed by atoms with Crippen molar-refractivity contribution >= 4 is 0 Å². The molecule has 0 aromatic heterocycles. The lowest BCUT2D eigenvalue weighted by Crippen LogP contribution is -2.49. The Morgan fingerprint density at radius 3 is 2.67 bits per heavy atom. The van der Waals surface area contributed by atoms with Crippen molar-refractivity contribution in [1.29, 1.82) is 0 Å². The summed E-state index contributed by atoms with van der Waals surface area (Å²) in [6.45, 7) is 0. The molecule has 0 unspecified atom stereocenters. The van der Waals surface area contributed by atoms with E-state index in [1.165, 1.54) is 6.42 Å². The number of likely N-dealkylation sites (N-methyl/N-ethyl adjacent to an activating group) is 1. The maximum absolute atomic E-state index is 10.7. The second-order valence-corrected chi connectivity index (χ2v) is 4.38. The van der Waals surface area contributed by atoms with Gasteiger partial charge in [-0.15, -0.1) is 0 Å². The van der Waals surface area contributed by atoms with Gasteiger partial charge in [0.1, 0.15) is 5.60 Å². The van der Waals surface area contributed by atoms with E-state index >= 15 is 0 Å². The van der Waals surface area contributed by atoms with E-state index in [1.54, 1.807) is 0 Å². The van der Waals surface area contributed by atoms with E-state index in [1.807, 2.05) is 37.4 Å². The van der Waals surface area contributed by atoms with Gasteiger partial charge in [0, 0.05) is 6.04 Å². The van der Waals surface area contributed by atoms with Crippen LogP contribution in [-0.2, 0) is 5.60 Å². The summed E-state index contributed by atoms with van der Waals surface area (Å²) in [6.07, 6.45) is 4.24. The zero-order valence-electron chi connectivity index (χ0n) is 9.24. The van der Waals surface area contributed by atoms with Crippen LogP contribution < -0.4 is 5.32 Å². The van der Waals surface area contributed by atoms with Gasteiger partial charge >= 0.3 is 0 Å². The highest BCUT2D eigenvalue weighted by atomic mass is 16.3. The van der Waals surface area contributed by atoms with Gasteiger partial charge in [0.25, 0.3) is 0 Å². The van der Waals surface area contributed by atoms with Crippen LogP contribution in [0.4, 0.5) is 0 Å². The van der Waals surface area contributed by atoms with E-state index in [9.17, 15) is 5.11 Å². The third-order valence-corrected chi connectivity index (χ3v) is 3.50. The Balaban J connectivity index is 2.30. The summed E-state index contributed by atoms with van der Waals surface area (Å²) in [4.78, 5) is 0. The van der Waals surface area contributed by atoms with Crippen molar-refractivity contribution in [1.82, 2.24) is 5.32 Å². The van der Waals surface area contributed by atoms with Gasteiger partial charge in [0.05, 0.1) is 0 Å². The molecule has 2 atom stereocenters. The van der Waals surface area contributed by atoms with Crippen LogP contribution in [-0.4, -0.2) is 18.2 Å². The van der Waals surface area contributed by atoms with Gasteiger partial charge < -0.3 is 10.4 Å². The summed E-state index contributed by atoms with van der Waals surface area (Å²) in [5, 5.41) is 14.0. The maximum atomic E-state index is 10.7. The first-order valence-electron chi connectivity index (χ1n) is 5.72. The zero-order valence-corrected chi connectivity index (χ0v) is 9.24. The molecule has 1 saturated carbocycles. The molecular weight excluding hydrogens is 186 g/mol. The van der Waals surface area contributed by atoms with Gasteiger partial charge in [0.2, 0.25) is 0 Å². The lowest BCUT2D eigenvalue weighted by atomic mass is 9.76. The molecule has 0 bridgehead atoms. The summed E-state index contributed by atoms with van der Waals surface area (Å²) in [5.41, 5.74) is 0.373. The zero-order chi connectivity index (χ0) is 10.7. The van der Waals surface area contributed by atoms with Crippen LogP contribution in [0.5, 0.6) is 0 Å². The van der Waals surface area contributed by atoms with Crippen LogP contribution in [0, 0.1) is 0 Å². The van der Waals surface area contributed by atoms with Crippen molar-refractivity contribution in [2.24, 2.45) is 0 Å². The molecule has 1 aromatic rings. The highest BCUT2D eigenvalue weighted by Gasteiger charge is 2.39. The Hall–Kier alpha value is -0.860. The standard InChI is InChI=1S/C13H19NO/c1-14-12-9-5-6-10-13(12,15)11-7-3-2-4-8-11/h2-4,7-8,12,14-15H,5-6,9-10H2,1H3/t12-,13+/m1/s1. The third kappa shape index (κ3) is 1.92. The van der Waals surface area contributed by atoms with Crippen molar-refractivity contribution in [3.05, 3.63) is 35.9 Å². The van der Waals surface area contributed by atoms with Crippen LogP contribution in [0.2, 0.25) is 0 Å². The minimum atomic E-state index is -0.672. The molecule has 1 aliphatic carbocycles. The summed E-state index contributed by atoms with van der Waals surface area (Å²) in [6, 6.07) is 10.2. The first-order chi connectivity index (χ1) is 7.27. The van der Waals surface area contributed by atoms with E-state index in [0.29, 0.717) is 0 Å². The average Bonchev–Trinajstić information content (AvgIpc) is 2.31. The first-order valence-corrected chi connectivity index (χ1v) is 5.72. The Bertz CT molecular complexity index is 312. The van der Waals surface area contributed by atoms with Gasteiger partial charge in [-0.05, 0) is 25.5 Å². The molecule has 0 spiro atoms. The first kappa shape index (κ1) is 10.7. The van der Waals surface area contributed by atoms with Crippen molar-refractivity contribution in [3.8, 4) is 0 Å². The molecule has 0 saturated heterocycles. The molecule has 0 heterocycles. The Labute approximate surface area is 91.3 Å². The smallest absolute Gasteiger partial charge is 0.105 e. The Morgan fingerprint density at radius 2 is 2.00 bits per heavy atom. The van der Waals surface area contributed by atoms with Gasteiger partial charge in [-0.3, -0.25) is 0 Å². The van der Waals surface area contributed by atoms with Crippen molar-refractivity contribution in [2.75, 3.05) is 7.05 Å². The fourth-order valence-electron chi connectivity index (χ4n) is 2.61. The number of aliphatic hydroxyl groups is 1. The second kappa shape index (κ2) is 4.33. The lowest BCUT2D eigenvalue weighted by molar-refractivity contribution is -0.0298. The van der Waals surface area contributed by atoms with Gasteiger partial charge in [-0.25, -0.2) is 0 Å². The average molecular weight is 205 g/mol. The normalized spacial score (nSPS) is 31.5. The minimum absolute atomic E-state index is 0.189. The quantitative estimate of drug-likeness (QED) is 0.774. The van der Waals surface area contributed by atoms with Crippen LogP contribution in [0.25, 0.3) is 0 Å². The highest BCUT2D eigenvalue weighted by Crippen LogP contribution is 2.36. The maximum Gasteiger partial charge on any atom is 0.105 e. The number of benzene rings is 1. The summed E-state index contributed by atoms with van der Waals surface area (Å²) >= 11 is 0. The second-order valence-electron chi connectivity index (χ2n) is 4.38. The van der Waals surface area contributed by atoms with E-state index in [0.717, 1.165) is 24.8 Å². The molecule has 82 valence electrons. The van der Waals surface area contributed by atoms with Crippen LogP contribution in [0.1, 0.15) is 31.2 Å². The van der Waals surface area contributed by atoms with Crippen LogP contribution >= 0.6 is 0 Å². The van der Waals surface area contributed by atoms with E-state index in [-0.39, 0.29) is 6.04 Å². The molecule has 2 nitrogen and oxygen atoms in total. The molecule has 2 heteroatoms. The van der Waals surface area contributed by atoms with Gasteiger partial charge in [0.15, 0.2) is 0 Å². The molecule has 0 radical (unpaired) electrons. The van der Waals surface area contributed by atoms with Crippen molar-refractivity contribution in [2.45, 2.75) is 37.3 Å². The number of hydrogen-bond acceptors (Lipinski definition) is 2. The predicted octanol–water partition coefficient (Wildman–Crippen LogP) is 2.04. The highest BCUT2D eigenvalue weighted by molar-refractivity contribution is 5.25. The van der Waals surface area contributed by atoms with Crippen LogP contribution in [0.3, 0.4) is 0 Å². The number of hydrogen-bond donors (Lipinski definition) is 2. The Morgan fingerprint density at radius 1 is 1.27 bits per heavy atom. The number of nitrogens with one attached hydrogen (secondary N) is 1. The predicted molar refractivity (Wildman–Crippen MR) is 61.7 cm³/mol. The van der Waals surface area contributed by atoms with E-state index in [2.05, 4.69) is 5.32 Å². The largest absolute Gasteiger partial charge is 0.384 e. The molecule has 1 aliphatic rings. The fourth-order valence-corrected chi connectivity index (χ4v) is 2.61. The van der Waals surface area contributed by atoms with Crippen molar-refractivity contribution < 1.29 is 5.11 Å². The SMILES string of the molecule is CN[C@@H]1CCCC[C@]1(O)c1ccccc1. The molecular formula is C13H19NO. The minimum Gasteiger partial charge on any atom is -0.384 e. The van der Waals surface area contributed by atoms with Crippen LogP contribution in [0.15, 0.2) is 30.3 Å². The summed E-state index contributed by atoms with van der Waals surface area (Å²) in [5.74, 6) is 0. The molecule has 15 heavy (non-hydrogen) atoms. The van der Waals surface area contributed by atoms with Gasteiger partial charge in [-0.2, -0.15) is 0 Å². The van der Waals surface area contributed by atoms with Crippen molar-refractivity contribution in [3.63, 3.8) is 0 Å². The molecule has 1 fully saturated rings. The number of rotatable bonds is 2.